The molecule has 0 N–H and O–H groups in total. The van der Waals surface area contributed by atoms with E-state index >= 15 is 0 Å². The van der Waals surface area contributed by atoms with Gasteiger partial charge in [-0.1, -0.05) is 172 Å². The van der Waals surface area contributed by atoms with E-state index in [9.17, 15) is 0 Å². The van der Waals surface area contributed by atoms with Crippen LogP contribution < -0.4 is 0 Å². The smallest absolute Gasteiger partial charge is 0.160 e. The van der Waals surface area contributed by atoms with Crippen LogP contribution in [-0.4, -0.2) is 9.97 Å². The third-order valence-electron chi connectivity index (χ3n) is 11.9. The maximum absolute atomic E-state index is 5.35. The van der Waals surface area contributed by atoms with Crippen molar-refractivity contribution in [3.63, 3.8) is 0 Å². The molecule has 2 heterocycles. The van der Waals surface area contributed by atoms with Gasteiger partial charge in [-0.3, -0.25) is 0 Å². The van der Waals surface area contributed by atoms with Crippen LogP contribution in [0.4, 0.5) is 0 Å². The van der Waals surface area contributed by atoms with Gasteiger partial charge in [-0.25, -0.2) is 9.97 Å². The first-order valence-corrected chi connectivity index (χ1v) is 20.7. The van der Waals surface area contributed by atoms with E-state index in [2.05, 4.69) is 202 Å². The zero-order valence-electron chi connectivity index (χ0n) is 32.3. The molecule has 1 aliphatic rings. The molecule has 0 amide bonds. The Morgan fingerprint density at radius 1 is 0.362 bits per heavy atom. The van der Waals surface area contributed by atoms with Crippen LogP contribution in [0.2, 0.25) is 0 Å². The lowest BCUT2D eigenvalue weighted by Crippen LogP contribution is -2.14. The van der Waals surface area contributed by atoms with Crippen LogP contribution in [-0.2, 0) is 5.41 Å². The fourth-order valence-electron chi connectivity index (χ4n) is 8.90. The Morgan fingerprint density at radius 2 is 0.931 bits per heavy atom. The Labute approximate surface area is 342 Å². The fourth-order valence-corrected chi connectivity index (χ4v) is 10.1. The SMILES string of the molecule is CC1(C)c2ccccc2-c2cc(-c3ccc(-c4nc(-c5ccccc5)cc(-c5cc(-c6ccccc6)cc(-c6cccc7c6sc6ccccc67)c5)n4)cc3)ccc21. The second-order valence-electron chi connectivity index (χ2n) is 15.8. The van der Waals surface area contributed by atoms with E-state index in [0.717, 1.165) is 33.6 Å². The zero-order valence-corrected chi connectivity index (χ0v) is 33.1. The van der Waals surface area contributed by atoms with E-state index in [1.807, 2.05) is 17.4 Å². The second kappa shape index (κ2) is 13.6. The van der Waals surface area contributed by atoms with E-state index in [-0.39, 0.29) is 5.41 Å². The lowest BCUT2D eigenvalue weighted by atomic mass is 9.82. The van der Waals surface area contributed by atoms with Crippen molar-refractivity contribution in [3.05, 3.63) is 205 Å². The first kappa shape index (κ1) is 34.3. The highest BCUT2D eigenvalue weighted by Crippen LogP contribution is 2.49. The Balaban J connectivity index is 1.05. The topological polar surface area (TPSA) is 25.8 Å². The largest absolute Gasteiger partial charge is 0.228 e. The predicted octanol–water partition coefficient (Wildman–Crippen LogP) is 15.2. The van der Waals surface area contributed by atoms with Gasteiger partial charge in [-0.2, -0.15) is 0 Å². The van der Waals surface area contributed by atoms with Gasteiger partial charge in [0.2, 0.25) is 0 Å². The molecule has 58 heavy (non-hydrogen) atoms. The molecular weight excluding hydrogens is 721 g/mol. The van der Waals surface area contributed by atoms with Crippen molar-refractivity contribution >= 4 is 31.5 Å². The van der Waals surface area contributed by atoms with Gasteiger partial charge in [0, 0.05) is 42.3 Å². The summed E-state index contributed by atoms with van der Waals surface area (Å²) in [6, 6.07) is 70.1. The summed E-state index contributed by atoms with van der Waals surface area (Å²) < 4.78 is 2.60. The van der Waals surface area contributed by atoms with E-state index in [1.54, 1.807) is 0 Å². The van der Waals surface area contributed by atoms with Crippen molar-refractivity contribution in [2.75, 3.05) is 0 Å². The maximum Gasteiger partial charge on any atom is 0.160 e. The molecule has 0 saturated heterocycles. The number of benzene rings is 8. The third kappa shape index (κ3) is 5.78. The monoisotopic (exact) mass is 758 g/mol. The number of hydrogen-bond donors (Lipinski definition) is 0. The molecule has 0 spiro atoms. The quantitative estimate of drug-likeness (QED) is 0.169. The molecule has 0 unspecified atom stereocenters. The third-order valence-corrected chi connectivity index (χ3v) is 13.1. The highest BCUT2D eigenvalue weighted by molar-refractivity contribution is 7.26. The normalized spacial score (nSPS) is 12.8. The first-order chi connectivity index (χ1) is 28.5. The lowest BCUT2D eigenvalue weighted by Gasteiger charge is -2.21. The van der Waals surface area contributed by atoms with Gasteiger partial charge < -0.3 is 0 Å². The van der Waals surface area contributed by atoms with Gasteiger partial charge in [0.15, 0.2) is 5.82 Å². The minimum absolute atomic E-state index is 0.0134. The molecule has 3 heteroatoms. The molecule has 8 aromatic carbocycles. The summed E-state index contributed by atoms with van der Waals surface area (Å²) in [6.07, 6.45) is 0. The van der Waals surface area contributed by atoms with Gasteiger partial charge >= 0.3 is 0 Å². The minimum atomic E-state index is -0.0134. The van der Waals surface area contributed by atoms with Crippen LogP contribution in [0, 0.1) is 0 Å². The van der Waals surface area contributed by atoms with Gasteiger partial charge in [0.05, 0.1) is 11.4 Å². The van der Waals surface area contributed by atoms with Crippen LogP contribution in [0.15, 0.2) is 194 Å². The minimum Gasteiger partial charge on any atom is -0.228 e. The summed E-state index contributed by atoms with van der Waals surface area (Å²) in [5.41, 5.74) is 17.4. The number of rotatable bonds is 6. The summed E-state index contributed by atoms with van der Waals surface area (Å²) in [5, 5.41) is 2.59. The number of aromatic nitrogens is 2. The average molecular weight is 759 g/mol. The van der Waals surface area contributed by atoms with Crippen molar-refractivity contribution in [2.45, 2.75) is 19.3 Å². The molecular formula is C55H38N2S. The summed E-state index contributed by atoms with van der Waals surface area (Å²) in [4.78, 5) is 10.6. The van der Waals surface area contributed by atoms with Crippen LogP contribution >= 0.6 is 11.3 Å². The first-order valence-electron chi connectivity index (χ1n) is 19.9. The lowest BCUT2D eigenvalue weighted by molar-refractivity contribution is 0.660. The molecule has 0 fully saturated rings. The molecule has 11 rings (SSSR count). The summed E-state index contributed by atoms with van der Waals surface area (Å²) in [5.74, 6) is 0.700. The van der Waals surface area contributed by atoms with Crippen molar-refractivity contribution in [1.82, 2.24) is 9.97 Å². The van der Waals surface area contributed by atoms with Crippen molar-refractivity contribution in [2.24, 2.45) is 0 Å². The molecule has 0 atom stereocenters. The zero-order chi connectivity index (χ0) is 38.8. The van der Waals surface area contributed by atoms with Crippen LogP contribution in [0.3, 0.4) is 0 Å². The molecule has 0 aliphatic heterocycles. The Bertz CT molecular complexity index is 3180. The van der Waals surface area contributed by atoms with Crippen LogP contribution in [0.5, 0.6) is 0 Å². The Hall–Kier alpha value is -6.94. The summed E-state index contributed by atoms with van der Waals surface area (Å²) in [6.45, 7) is 4.66. The van der Waals surface area contributed by atoms with E-state index < -0.39 is 0 Å². The highest BCUT2D eigenvalue weighted by Gasteiger charge is 2.35. The van der Waals surface area contributed by atoms with E-state index in [1.165, 1.54) is 70.2 Å². The molecule has 274 valence electrons. The van der Waals surface area contributed by atoms with Crippen LogP contribution in [0.1, 0.15) is 25.0 Å². The van der Waals surface area contributed by atoms with Crippen molar-refractivity contribution < 1.29 is 0 Å². The maximum atomic E-state index is 5.35. The number of thiophene rings is 1. The summed E-state index contributed by atoms with van der Waals surface area (Å²) in [7, 11) is 0. The molecule has 0 bridgehead atoms. The van der Waals surface area contributed by atoms with Gasteiger partial charge in [0.1, 0.15) is 0 Å². The Kier molecular flexibility index (Phi) is 8.06. The predicted molar refractivity (Wildman–Crippen MR) is 245 cm³/mol. The van der Waals surface area contributed by atoms with Gasteiger partial charge in [-0.05, 0) is 92.0 Å². The second-order valence-corrected chi connectivity index (χ2v) is 16.8. The van der Waals surface area contributed by atoms with E-state index in [4.69, 9.17) is 9.97 Å². The average Bonchev–Trinajstić information content (AvgIpc) is 3.78. The van der Waals surface area contributed by atoms with Crippen LogP contribution in [0.25, 0.3) is 98.6 Å². The van der Waals surface area contributed by atoms with Crippen molar-refractivity contribution in [3.8, 4) is 78.4 Å². The number of nitrogens with zero attached hydrogens (tertiary/aromatic N) is 2. The molecule has 0 radical (unpaired) electrons. The molecule has 0 saturated carbocycles. The number of hydrogen-bond acceptors (Lipinski definition) is 3. The standard InChI is InChI=1S/C55H38N2S/c1-55(2)48-22-11-9-18-44(48)47-33-39(28-29-49(47)55)36-24-26-38(27-25-36)54-56-50(37-16-7-4-8-17-37)34-51(57-54)42-31-40(35-14-5-3-6-15-35)30-41(32-42)43-20-13-21-46-45-19-10-12-23-52(45)58-53(43)46/h3-34H,1-2H3. The molecule has 10 aromatic rings. The van der Waals surface area contributed by atoms with Gasteiger partial charge in [0.25, 0.3) is 0 Å². The number of fused-ring (bicyclic) bond motifs is 6. The summed E-state index contributed by atoms with van der Waals surface area (Å²) >= 11 is 1.86. The van der Waals surface area contributed by atoms with Gasteiger partial charge in [-0.15, -0.1) is 11.3 Å². The van der Waals surface area contributed by atoms with E-state index in [0.29, 0.717) is 5.82 Å². The molecule has 2 aromatic heterocycles. The fraction of sp³-hybridized carbons (Fsp3) is 0.0545. The molecule has 1 aliphatic carbocycles. The van der Waals surface area contributed by atoms with Crippen molar-refractivity contribution in [1.29, 1.82) is 0 Å². The molecule has 2 nitrogen and oxygen atoms in total. The highest BCUT2D eigenvalue weighted by atomic mass is 32.1. The Morgan fingerprint density at radius 3 is 1.74 bits per heavy atom.